The van der Waals surface area contributed by atoms with E-state index in [4.69, 9.17) is 13.8 Å². The highest BCUT2D eigenvalue weighted by atomic mass is 31.2. The van der Waals surface area contributed by atoms with Crippen LogP contribution in [-0.4, -0.2) is 31.2 Å². The Balaban J connectivity index is 1.89. The van der Waals surface area contributed by atoms with E-state index in [0.717, 1.165) is 16.7 Å². The Morgan fingerprint density at radius 1 is 1.00 bits per heavy atom. The Hall–Kier alpha value is -1.49. The first-order valence-electron chi connectivity index (χ1n) is 9.87. The quantitative estimate of drug-likeness (QED) is 0.542. The van der Waals surface area contributed by atoms with E-state index in [-0.39, 0.29) is 24.5 Å². The molecule has 3 unspecified atom stereocenters. The maximum Gasteiger partial charge on any atom is 0.335 e. The van der Waals surface area contributed by atoms with Gasteiger partial charge < -0.3 is 13.8 Å². The van der Waals surface area contributed by atoms with Crippen LogP contribution in [0.15, 0.2) is 54.6 Å². The molecule has 1 heterocycles. The van der Waals surface area contributed by atoms with Crippen LogP contribution in [0.4, 0.5) is 0 Å². The van der Waals surface area contributed by atoms with Crippen molar-refractivity contribution in [3.63, 3.8) is 0 Å². The third-order valence-electron chi connectivity index (χ3n) is 5.19. The van der Waals surface area contributed by atoms with E-state index in [9.17, 15) is 4.57 Å². The highest BCUT2D eigenvalue weighted by molar-refractivity contribution is 7.53. The van der Waals surface area contributed by atoms with Gasteiger partial charge in [-0.1, -0.05) is 54.6 Å². The number of rotatable bonds is 8. The van der Waals surface area contributed by atoms with E-state index in [0.29, 0.717) is 13.2 Å². The maximum atomic E-state index is 13.1. The Bertz CT molecular complexity index is 803. The number of ether oxygens (including phenoxy) is 1. The van der Waals surface area contributed by atoms with Crippen LogP contribution in [-0.2, 0) is 24.5 Å². The van der Waals surface area contributed by atoms with E-state index < -0.39 is 7.60 Å². The van der Waals surface area contributed by atoms with E-state index in [2.05, 4.69) is 31.0 Å². The highest BCUT2D eigenvalue weighted by Gasteiger charge is 2.40. The summed E-state index contributed by atoms with van der Waals surface area (Å²) in [5, 5.41) is 0. The number of hydrogen-bond acceptors (Lipinski definition) is 5. The van der Waals surface area contributed by atoms with Gasteiger partial charge in [-0.15, -0.1) is 0 Å². The highest BCUT2D eigenvalue weighted by Crippen LogP contribution is 2.53. The second-order valence-corrected chi connectivity index (χ2v) is 9.08. The first-order chi connectivity index (χ1) is 13.5. The van der Waals surface area contributed by atoms with Crippen LogP contribution in [0.2, 0.25) is 0 Å². The molecule has 5 nitrogen and oxygen atoms in total. The van der Waals surface area contributed by atoms with Gasteiger partial charge in [0.25, 0.3) is 0 Å². The molecular formula is C22H30NO4P. The van der Waals surface area contributed by atoms with E-state index in [1.165, 1.54) is 0 Å². The van der Waals surface area contributed by atoms with Gasteiger partial charge in [0.05, 0.1) is 19.4 Å². The summed E-state index contributed by atoms with van der Waals surface area (Å²) >= 11 is 0. The molecule has 0 radical (unpaired) electrons. The number of likely N-dealkylation sites (N-methyl/N-ethyl adjacent to an activating group) is 1. The lowest BCUT2D eigenvalue weighted by Gasteiger charge is -2.25. The normalized spacial score (nSPS) is 23.2. The smallest absolute Gasteiger partial charge is 0.335 e. The molecule has 0 aromatic heterocycles. The van der Waals surface area contributed by atoms with Crippen molar-refractivity contribution in [1.29, 1.82) is 0 Å². The zero-order valence-electron chi connectivity index (χ0n) is 17.1. The van der Waals surface area contributed by atoms with Gasteiger partial charge in [0.1, 0.15) is 12.3 Å². The van der Waals surface area contributed by atoms with Crippen LogP contribution < -0.4 is 0 Å². The second-order valence-electron chi connectivity index (χ2n) is 7.03. The zero-order chi connectivity index (χ0) is 20.1. The van der Waals surface area contributed by atoms with Crippen LogP contribution in [0.1, 0.15) is 49.8 Å². The van der Waals surface area contributed by atoms with Gasteiger partial charge in [-0.25, -0.2) is 0 Å². The van der Waals surface area contributed by atoms with Gasteiger partial charge in [0.2, 0.25) is 0 Å². The molecular weight excluding hydrogens is 373 g/mol. The molecule has 0 amide bonds. The largest absolute Gasteiger partial charge is 0.349 e. The van der Waals surface area contributed by atoms with E-state index in [1.807, 2.05) is 56.3 Å². The molecule has 0 N–H and O–H groups in total. The third-order valence-corrected chi connectivity index (χ3v) is 7.22. The van der Waals surface area contributed by atoms with Crippen LogP contribution >= 0.6 is 7.60 Å². The van der Waals surface area contributed by atoms with Crippen molar-refractivity contribution in [2.75, 3.05) is 20.3 Å². The van der Waals surface area contributed by atoms with Crippen molar-refractivity contribution >= 4 is 7.60 Å². The fourth-order valence-corrected chi connectivity index (χ4v) is 5.47. The molecule has 2 aromatic rings. The molecule has 1 aliphatic rings. The summed E-state index contributed by atoms with van der Waals surface area (Å²) in [7, 11) is -1.12. The van der Waals surface area contributed by atoms with Gasteiger partial charge in [-0.05, 0) is 44.5 Å². The van der Waals surface area contributed by atoms with Crippen LogP contribution in [0, 0.1) is 0 Å². The second kappa shape index (κ2) is 9.34. The lowest BCUT2D eigenvalue weighted by molar-refractivity contribution is 0.00510. The molecule has 0 saturated carbocycles. The molecule has 1 saturated heterocycles. The fourth-order valence-electron chi connectivity index (χ4n) is 3.72. The average molecular weight is 403 g/mol. The molecule has 0 bridgehead atoms. The number of benzene rings is 2. The Labute approximate surface area is 168 Å². The lowest BCUT2D eigenvalue weighted by atomic mass is 10.0. The van der Waals surface area contributed by atoms with Gasteiger partial charge in [-0.3, -0.25) is 9.46 Å². The topological polar surface area (TPSA) is 48.0 Å². The minimum Gasteiger partial charge on any atom is -0.349 e. The molecule has 0 aliphatic carbocycles. The summed E-state index contributed by atoms with van der Waals surface area (Å²) in [4.78, 5) is 2.22. The molecule has 152 valence electrons. The molecule has 6 heteroatoms. The molecule has 3 rings (SSSR count). The van der Waals surface area contributed by atoms with Gasteiger partial charge in [-0.2, -0.15) is 0 Å². The number of hydrogen-bond donors (Lipinski definition) is 0. The predicted octanol–water partition coefficient (Wildman–Crippen LogP) is 5.54. The molecule has 2 aromatic carbocycles. The molecule has 1 fully saturated rings. The average Bonchev–Trinajstić information content (AvgIpc) is 2.98. The first kappa shape index (κ1) is 21.2. The van der Waals surface area contributed by atoms with Crippen LogP contribution in [0.5, 0.6) is 0 Å². The number of nitrogens with zero attached hydrogens (tertiary/aromatic N) is 1. The first-order valence-corrected chi connectivity index (χ1v) is 11.6. The molecule has 0 spiro atoms. The van der Waals surface area contributed by atoms with Crippen LogP contribution in [0.3, 0.4) is 0 Å². The fraction of sp³-hybridized carbons (Fsp3) is 0.455. The molecule has 1 aliphatic heterocycles. The van der Waals surface area contributed by atoms with Crippen molar-refractivity contribution < 1.29 is 18.3 Å². The SMILES string of the molecule is CCOP(=O)(Cc1ccccc1C1OC(c2ccccc2)C(C)N1C)OCC. The predicted molar refractivity (Wildman–Crippen MR) is 111 cm³/mol. The monoisotopic (exact) mass is 403 g/mol. The summed E-state index contributed by atoms with van der Waals surface area (Å²) in [6.45, 7) is 6.54. The standard InChI is InChI=1S/C22H30NO4P/c1-5-25-28(24,26-6-2)16-19-14-10-11-15-20(19)22-23(4)17(3)21(27-22)18-12-8-7-9-13-18/h7-15,17,21-22H,5-6,16H2,1-4H3. The minimum absolute atomic E-state index is 0.0187. The van der Waals surface area contributed by atoms with Gasteiger partial charge in [0, 0.05) is 6.04 Å². The zero-order valence-corrected chi connectivity index (χ0v) is 18.0. The van der Waals surface area contributed by atoms with Crippen molar-refractivity contribution in [1.82, 2.24) is 4.90 Å². The van der Waals surface area contributed by atoms with Gasteiger partial charge >= 0.3 is 7.60 Å². The van der Waals surface area contributed by atoms with E-state index >= 15 is 0 Å². The van der Waals surface area contributed by atoms with Crippen LogP contribution in [0.25, 0.3) is 0 Å². The molecule has 3 atom stereocenters. The Morgan fingerprint density at radius 3 is 2.25 bits per heavy atom. The summed E-state index contributed by atoms with van der Waals surface area (Å²) in [5.41, 5.74) is 3.11. The maximum absolute atomic E-state index is 13.1. The van der Waals surface area contributed by atoms with Crippen molar-refractivity contribution in [2.45, 2.75) is 45.3 Å². The van der Waals surface area contributed by atoms with Crippen molar-refractivity contribution in [3.05, 3.63) is 71.3 Å². The third kappa shape index (κ3) is 4.56. The van der Waals surface area contributed by atoms with Crippen molar-refractivity contribution in [2.24, 2.45) is 0 Å². The summed E-state index contributed by atoms with van der Waals surface area (Å²) in [6, 6.07) is 18.5. The Morgan fingerprint density at radius 2 is 1.61 bits per heavy atom. The molecule has 28 heavy (non-hydrogen) atoms. The summed E-state index contributed by atoms with van der Waals surface area (Å²) in [6.07, 6.45) is 0.00565. The van der Waals surface area contributed by atoms with Gasteiger partial charge in [0.15, 0.2) is 0 Å². The minimum atomic E-state index is -3.19. The lowest BCUT2D eigenvalue weighted by Crippen LogP contribution is -2.27. The van der Waals surface area contributed by atoms with E-state index in [1.54, 1.807) is 0 Å². The summed E-state index contributed by atoms with van der Waals surface area (Å²) in [5.74, 6) is 0. The Kier molecular flexibility index (Phi) is 7.08. The summed E-state index contributed by atoms with van der Waals surface area (Å²) < 4.78 is 30.6. The van der Waals surface area contributed by atoms with Crippen molar-refractivity contribution in [3.8, 4) is 0 Å².